The summed E-state index contributed by atoms with van der Waals surface area (Å²) in [5.41, 5.74) is -0.898. The molecule has 0 aromatic heterocycles. The molecule has 0 aromatic carbocycles. The van der Waals surface area contributed by atoms with Gasteiger partial charge in [0.1, 0.15) is 12.1 Å². The van der Waals surface area contributed by atoms with E-state index in [1.165, 1.54) is 4.90 Å². The van der Waals surface area contributed by atoms with Gasteiger partial charge in [-0.1, -0.05) is 0 Å². The lowest BCUT2D eigenvalue weighted by Crippen LogP contribution is -2.63. The number of rotatable bonds is 2. The molecule has 1 fully saturated rings. The van der Waals surface area contributed by atoms with Gasteiger partial charge < -0.3 is 15.2 Å². The molecule has 1 aliphatic rings. The summed E-state index contributed by atoms with van der Waals surface area (Å²) in [5, 5.41) is 11.2. The number of aliphatic hydroxyl groups excluding tert-OH is 1. The molecule has 6 nitrogen and oxygen atoms in total. The molecule has 0 aliphatic carbocycles. The van der Waals surface area contributed by atoms with Crippen LogP contribution in [0.2, 0.25) is 0 Å². The van der Waals surface area contributed by atoms with E-state index in [2.05, 4.69) is 5.32 Å². The predicted octanol–water partition coefficient (Wildman–Crippen LogP) is -0.674. The second-order valence-electron chi connectivity index (χ2n) is 3.80. The number of ether oxygens (including phenoxy) is 1. The summed E-state index contributed by atoms with van der Waals surface area (Å²) in [5.74, 6) is -0.199. The Bertz CT molecular complexity index is 265. The van der Waals surface area contributed by atoms with Gasteiger partial charge in [-0.2, -0.15) is 0 Å². The maximum atomic E-state index is 11.5. The van der Waals surface area contributed by atoms with Crippen LogP contribution in [0.25, 0.3) is 0 Å². The van der Waals surface area contributed by atoms with Crippen molar-refractivity contribution in [3.8, 4) is 0 Å². The third-order valence-electron chi connectivity index (χ3n) is 2.39. The number of hydrogen-bond donors (Lipinski definition) is 2. The van der Waals surface area contributed by atoms with Crippen LogP contribution >= 0.6 is 0 Å². The van der Waals surface area contributed by atoms with E-state index < -0.39 is 11.6 Å². The number of hydrogen-bond acceptors (Lipinski definition) is 4. The summed E-state index contributed by atoms with van der Waals surface area (Å²) in [6.07, 6.45) is -0.566. The first-order chi connectivity index (χ1) is 7.00. The Balaban J connectivity index is 2.66. The van der Waals surface area contributed by atoms with Crippen molar-refractivity contribution in [2.45, 2.75) is 19.4 Å². The SMILES string of the molecule is CC1(C)C(=O)NCCN1C(=O)OCCO. The van der Waals surface area contributed by atoms with Gasteiger partial charge in [-0.25, -0.2) is 4.79 Å². The zero-order valence-corrected chi connectivity index (χ0v) is 8.95. The van der Waals surface area contributed by atoms with Crippen LogP contribution in [0.5, 0.6) is 0 Å². The van der Waals surface area contributed by atoms with Gasteiger partial charge in [-0.05, 0) is 13.8 Å². The van der Waals surface area contributed by atoms with Gasteiger partial charge in [-0.15, -0.1) is 0 Å². The number of nitrogens with zero attached hydrogens (tertiary/aromatic N) is 1. The van der Waals surface area contributed by atoms with Crippen LogP contribution in [-0.2, 0) is 9.53 Å². The fourth-order valence-electron chi connectivity index (χ4n) is 1.43. The highest BCUT2D eigenvalue weighted by Gasteiger charge is 2.41. The van der Waals surface area contributed by atoms with Crippen LogP contribution in [0.4, 0.5) is 4.79 Å². The molecule has 1 saturated heterocycles. The molecular weight excluding hydrogens is 200 g/mol. The van der Waals surface area contributed by atoms with Gasteiger partial charge >= 0.3 is 6.09 Å². The Hall–Kier alpha value is -1.30. The van der Waals surface area contributed by atoms with Crippen molar-refractivity contribution in [2.24, 2.45) is 0 Å². The Morgan fingerprint density at radius 2 is 2.33 bits per heavy atom. The average molecular weight is 216 g/mol. The lowest BCUT2D eigenvalue weighted by Gasteiger charge is -2.40. The quantitative estimate of drug-likeness (QED) is 0.641. The molecular formula is C9H16N2O4. The highest BCUT2D eigenvalue weighted by atomic mass is 16.6. The fourth-order valence-corrected chi connectivity index (χ4v) is 1.43. The van der Waals surface area contributed by atoms with E-state index in [1.807, 2.05) is 0 Å². The number of nitrogens with one attached hydrogen (secondary N) is 1. The third-order valence-corrected chi connectivity index (χ3v) is 2.39. The largest absolute Gasteiger partial charge is 0.447 e. The Morgan fingerprint density at radius 3 is 2.93 bits per heavy atom. The average Bonchev–Trinajstić information content (AvgIpc) is 2.18. The third kappa shape index (κ3) is 2.38. The molecule has 0 spiro atoms. The first-order valence-corrected chi connectivity index (χ1v) is 4.83. The van der Waals surface area contributed by atoms with E-state index in [1.54, 1.807) is 13.8 Å². The normalized spacial score (nSPS) is 19.7. The van der Waals surface area contributed by atoms with Crippen LogP contribution < -0.4 is 5.32 Å². The Labute approximate surface area is 88.2 Å². The molecule has 6 heteroatoms. The van der Waals surface area contributed by atoms with Crippen LogP contribution in [0.3, 0.4) is 0 Å². The molecule has 0 unspecified atom stereocenters. The van der Waals surface area contributed by atoms with Crippen molar-refractivity contribution >= 4 is 12.0 Å². The number of carbonyl (C=O) groups is 2. The molecule has 2 N–H and O–H groups in total. The fraction of sp³-hybridized carbons (Fsp3) is 0.778. The minimum absolute atomic E-state index is 0.0486. The predicted molar refractivity (Wildman–Crippen MR) is 52.2 cm³/mol. The smallest absolute Gasteiger partial charge is 0.410 e. The number of piperazine rings is 1. The molecule has 0 bridgehead atoms. The van der Waals surface area contributed by atoms with E-state index in [9.17, 15) is 9.59 Å². The van der Waals surface area contributed by atoms with E-state index in [-0.39, 0.29) is 19.1 Å². The van der Waals surface area contributed by atoms with Gasteiger partial charge in [0.25, 0.3) is 0 Å². The molecule has 1 aliphatic heterocycles. The van der Waals surface area contributed by atoms with Crippen molar-refractivity contribution in [1.29, 1.82) is 0 Å². The standard InChI is InChI=1S/C9H16N2O4/c1-9(2)7(13)10-3-4-11(9)8(14)15-6-5-12/h12H,3-6H2,1-2H3,(H,10,13). The summed E-state index contributed by atoms with van der Waals surface area (Å²) in [7, 11) is 0. The van der Waals surface area contributed by atoms with E-state index >= 15 is 0 Å². The van der Waals surface area contributed by atoms with Crippen molar-refractivity contribution in [2.75, 3.05) is 26.3 Å². The molecule has 1 rings (SSSR count). The maximum Gasteiger partial charge on any atom is 0.410 e. The second kappa shape index (κ2) is 4.48. The van der Waals surface area contributed by atoms with Crippen LogP contribution in [0.1, 0.15) is 13.8 Å². The molecule has 0 aromatic rings. The van der Waals surface area contributed by atoms with E-state index in [0.29, 0.717) is 13.1 Å². The molecule has 0 saturated carbocycles. The van der Waals surface area contributed by atoms with Crippen molar-refractivity contribution in [3.05, 3.63) is 0 Å². The van der Waals surface area contributed by atoms with Crippen molar-refractivity contribution < 1.29 is 19.4 Å². The maximum absolute atomic E-state index is 11.5. The number of amides is 2. The molecule has 0 atom stereocenters. The second-order valence-corrected chi connectivity index (χ2v) is 3.80. The summed E-state index contributed by atoms with van der Waals surface area (Å²) < 4.78 is 4.77. The molecule has 0 radical (unpaired) electrons. The zero-order chi connectivity index (χ0) is 11.5. The summed E-state index contributed by atoms with van der Waals surface area (Å²) in [4.78, 5) is 24.4. The highest BCUT2D eigenvalue weighted by molar-refractivity contribution is 5.90. The van der Waals surface area contributed by atoms with E-state index in [0.717, 1.165) is 0 Å². The number of aliphatic hydroxyl groups is 1. The van der Waals surface area contributed by atoms with Crippen LogP contribution in [0.15, 0.2) is 0 Å². The lowest BCUT2D eigenvalue weighted by atomic mass is 10.00. The summed E-state index contributed by atoms with van der Waals surface area (Å²) >= 11 is 0. The lowest BCUT2D eigenvalue weighted by molar-refractivity contribution is -0.133. The first kappa shape index (κ1) is 11.8. The highest BCUT2D eigenvalue weighted by Crippen LogP contribution is 2.18. The van der Waals surface area contributed by atoms with Crippen LogP contribution in [0, 0.1) is 0 Å². The molecule has 15 heavy (non-hydrogen) atoms. The minimum Gasteiger partial charge on any atom is -0.447 e. The van der Waals surface area contributed by atoms with Crippen LogP contribution in [-0.4, -0.2) is 53.8 Å². The topological polar surface area (TPSA) is 78.9 Å². The minimum atomic E-state index is -0.898. The first-order valence-electron chi connectivity index (χ1n) is 4.83. The summed E-state index contributed by atoms with van der Waals surface area (Å²) in [6, 6.07) is 0. The van der Waals surface area contributed by atoms with E-state index in [4.69, 9.17) is 9.84 Å². The van der Waals surface area contributed by atoms with Gasteiger partial charge in [-0.3, -0.25) is 9.69 Å². The van der Waals surface area contributed by atoms with Crippen molar-refractivity contribution in [1.82, 2.24) is 10.2 Å². The Kier molecular flexibility index (Phi) is 3.52. The molecule has 86 valence electrons. The number of carbonyl (C=O) groups excluding carboxylic acids is 2. The monoisotopic (exact) mass is 216 g/mol. The van der Waals surface area contributed by atoms with Crippen molar-refractivity contribution in [3.63, 3.8) is 0 Å². The van der Waals surface area contributed by atoms with Gasteiger partial charge in [0.05, 0.1) is 6.61 Å². The molecule has 1 heterocycles. The van der Waals surface area contributed by atoms with Gasteiger partial charge in [0, 0.05) is 13.1 Å². The zero-order valence-electron chi connectivity index (χ0n) is 8.95. The summed E-state index contributed by atoms with van der Waals surface area (Å²) in [6.45, 7) is 3.89. The Morgan fingerprint density at radius 1 is 1.67 bits per heavy atom. The molecule has 2 amide bonds. The van der Waals surface area contributed by atoms with Gasteiger partial charge in [0.2, 0.25) is 5.91 Å². The van der Waals surface area contributed by atoms with Gasteiger partial charge in [0.15, 0.2) is 0 Å².